The largest absolute Gasteiger partial charge is 0.383 e. The van der Waals surface area contributed by atoms with Gasteiger partial charge in [-0.05, 0) is 26.3 Å². The third-order valence-electron chi connectivity index (χ3n) is 3.21. The number of ether oxygens (including phenoxy) is 1. The van der Waals surface area contributed by atoms with Crippen LogP contribution in [-0.4, -0.2) is 55.5 Å². The van der Waals surface area contributed by atoms with E-state index in [1.165, 1.54) is 6.92 Å². The van der Waals surface area contributed by atoms with Crippen LogP contribution >= 0.6 is 0 Å². The summed E-state index contributed by atoms with van der Waals surface area (Å²) in [7, 11) is 1.65. The molecule has 19 heavy (non-hydrogen) atoms. The highest BCUT2D eigenvalue weighted by atomic mass is 16.5. The van der Waals surface area contributed by atoms with E-state index in [1.54, 1.807) is 7.11 Å². The molecule has 112 valence electrons. The number of carbonyl (C=O) groups is 2. The number of rotatable bonds is 9. The van der Waals surface area contributed by atoms with E-state index in [4.69, 9.17) is 4.74 Å². The first kappa shape index (κ1) is 18.1. The quantitative estimate of drug-likeness (QED) is 0.682. The monoisotopic (exact) mass is 272 g/mol. The highest BCUT2D eigenvalue weighted by molar-refractivity contribution is 5.88. The molecule has 0 aliphatic heterocycles. The summed E-state index contributed by atoms with van der Waals surface area (Å²) in [5, 5.41) is 2.81. The van der Waals surface area contributed by atoms with Crippen LogP contribution in [0.4, 0.5) is 0 Å². The van der Waals surface area contributed by atoms with Crippen LogP contribution in [0, 0.1) is 5.92 Å². The molecule has 2 unspecified atom stereocenters. The molecule has 0 rings (SSSR count). The number of nitrogens with zero attached hydrogens (tertiary/aromatic N) is 1. The SMILES string of the molecule is CCN(CC(=O)NC(C(C)=O)C(C)C)C(C)COC. The zero-order valence-corrected chi connectivity index (χ0v) is 13.0. The Morgan fingerprint density at radius 3 is 2.21 bits per heavy atom. The predicted octanol–water partition coefficient (Wildman–Crippen LogP) is 1.07. The first-order chi connectivity index (χ1) is 8.83. The normalized spacial score (nSPS) is 14.5. The Labute approximate surface area is 116 Å². The maximum atomic E-state index is 12.0. The molecule has 0 heterocycles. The number of nitrogens with one attached hydrogen (secondary N) is 1. The number of hydrogen-bond donors (Lipinski definition) is 1. The lowest BCUT2D eigenvalue weighted by molar-refractivity contribution is -0.129. The fourth-order valence-electron chi connectivity index (χ4n) is 2.07. The van der Waals surface area contributed by atoms with E-state index in [0.29, 0.717) is 6.61 Å². The molecule has 0 radical (unpaired) electrons. The standard InChI is InChI=1S/C14H28N2O3/c1-7-16(11(4)9-19-6)8-13(18)15-14(10(2)3)12(5)17/h10-11,14H,7-9H2,1-6H3,(H,15,18). The van der Waals surface area contributed by atoms with Crippen molar-refractivity contribution in [1.82, 2.24) is 10.2 Å². The second kappa shape index (κ2) is 9.04. The van der Waals surface area contributed by atoms with E-state index in [9.17, 15) is 9.59 Å². The summed E-state index contributed by atoms with van der Waals surface area (Å²) in [6.45, 7) is 11.0. The van der Waals surface area contributed by atoms with Crippen LogP contribution in [0.2, 0.25) is 0 Å². The van der Waals surface area contributed by atoms with Crippen molar-refractivity contribution in [1.29, 1.82) is 0 Å². The van der Waals surface area contributed by atoms with Crippen LogP contribution in [-0.2, 0) is 14.3 Å². The fraction of sp³-hybridized carbons (Fsp3) is 0.857. The molecule has 1 amide bonds. The number of likely N-dealkylation sites (N-methyl/N-ethyl adjacent to an activating group) is 1. The molecule has 0 aromatic heterocycles. The van der Waals surface area contributed by atoms with Gasteiger partial charge in [0.15, 0.2) is 5.78 Å². The van der Waals surface area contributed by atoms with Gasteiger partial charge in [0.05, 0.1) is 19.2 Å². The van der Waals surface area contributed by atoms with Crippen LogP contribution in [0.15, 0.2) is 0 Å². The van der Waals surface area contributed by atoms with E-state index in [1.807, 2.05) is 32.6 Å². The first-order valence-corrected chi connectivity index (χ1v) is 6.86. The number of methoxy groups -OCH3 is 1. The maximum Gasteiger partial charge on any atom is 0.234 e. The van der Waals surface area contributed by atoms with Crippen LogP contribution in [0.3, 0.4) is 0 Å². The number of ketones is 1. The third kappa shape index (κ3) is 6.68. The van der Waals surface area contributed by atoms with Crippen molar-refractivity contribution in [2.75, 3.05) is 26.8 Å². The molecule has 0 aromatic carbocycles. The van der Waals surface area contributed by atoms with Crippen molar-refractivity contribution in [2.24, 2.45) is 5.92 Å². The molecule has 0 saturated heterocycles. The smallest absolute Gasteiger partial charge is 0.234 e. The summed E-state index contributed by atoms with van der Waals surface area (Å²) in [4.78, 5) is 25.5. The molecule has 0 bridgehead atoms. The summed E-state index contributed by atoms with van der Waals surface area (Å²) < 4.78 is 5.10. The molecule has 0 aliphatic carbocycles. The van der Waals surface area contributed by atoms with E-state index in [2.05, 4.69) is 5.32 Å². The Morgan fingerprint density at radius 2 is 1.84 bits per heavy atom. The minimum absolute atomic E-state index is 0.00339. The van der Waals surface area contributed by atoms with Gasteiger partial charge in [0, 0.05) is 13.2 Å². The van der Waals surface area contributed by atoms with Gasteiger partial charge in [-0.1, -0.05) is 20.8 Å². The summed E-state index contributed by atoms with van der Waals surface area (Å²) in [6, 6.07) is -0.223. The molecule has 0 aliphatic rings. The molecular weight excluding hydrogens is 244 g/mol. The van der Waals surface area contributed by atoms with E-state index < -0.39 is 6.04 Å². The molecule has 0 saturated carbocycles. The second-order valence-electron chi connectivity index (χ2n) is 5.27. The Balaban J connectivity index is 4.45. The zero-order chi connectivity index (χ0) is 15.0. The number of hydrogen-bond acceptors (Lipinski definition) is 4. The Morgan fingerprint density at radius 1 is 1.26 bits per heavy atom. The lowest BCUT2D eigenvalue weighted by atomic mass is 10.0. The molecule has 0 spiro atoms. The molecule has 5 heteroatoms. The molecule has 2 atom stereocenters. The van der Waals surface area contributed by atoms with E-state index in [-0.39, 0.29) is 30.2 Å². The van der Waals surface area contributed by atoms with Crippen LogP contribution in [0.1, 0.15) is 34.6 Å². The van der Waals surface area contributed by atoms with Gasteiger partial charge in [0.25, 0.3) is 0 Å². The average molecular weight is 272 g/mol. The van der Waals surface area contributed by atoms with Gasteiger partial charge in [-0.3, -0.25) is 14.5 Å². The summed E-state index contributed by atoms with van der Waals surface area (Å²) in [5.41, 5.74) is 0. The van der Waals surface area contributed by atoms with E-state index in [0.717, 1.165) is 6.54 Å². The van der Waals surface area contributed by atoms with Gasteiger partial charge in [-0.15, -0.1) is 0 Å². The Kier molecular flexibility index (Phi) is 8.59. The third-order valence-corrected chi connectivity index (χ3v) is 3.21. The predicted molar refractivity (Wildman–Crippen MR) is 76.0 cm³/mol. The molecule has 1 N–H and O–H groups in total. The first-order valence-electron chi connectivity index (χ1n) is 6.86. The lowest BCUT2D eigenvalue weighted by Gasteiger charge is -2.28. The van der Waals surface area contributed by atoms with Gasteiger partial charge < -0.3 is 10.1 Å². The lowest BCUT2D eigenvalue weighted by Crippen LogP contribution is -2.49. The van der Waals surface area contributed by atoms with Crippen LogP contribution < -0.4 is 5.32 Å². The Bertz CT molecular complexity index is 292. The molecule has 0 aromatic rings. The van der Waals surface area contributed by atoms with Gasteiger partial charge in [0.1, 0.15) is 0 Å². The zero-order valence-electron chi connectivity index (χ0n) is 13.0. The fourth-order valence-corrected chi connectivity index (χ4v) is 2.07. The minimum atomic E-state index is -0.399. The average Bonchev–Trinajstić information content (AvgIpc) is 2.32. The van der Waals surface area contributed by atoms with Crippen molar-refractivity contribution >= 4 is 11.7 Å². The maximum absolute atomic E-state index is 12.0. The van der Waals surface area contributed by atoms with Crippen LogP contribution in [0.5, 0.6) is 0 Å². The summed E-state index contributed by atoms with van der Waals surface area (Å²) >= 11 is 0. The number of amides is 1. The van der Waals surface area contributed by atoms with Gasteiger partial charge >= 0.3 is 0 Å². The van der Waals surface area contributed by atoms with Crippen molar-refractivity contribution in [2.45, 2.75) is 46.7 Å². The second-order valence-corrected chi connectivity index (χ2v) is 5.27. The minimum Gasteiger partial charge on any atom is -0.383 e. The van der Waals surface area contributed by atoms with Gasteiger partial charge in [-0.25, -0.2) is 0 Å². The van der Waals surface area contributed by atoms with E-state index >= 15 is 0 Å². The van der Waals surface area contributed by atoms with Crippen molar-refractivity contribution < 1.29 is 14.3 Å². The summed E-state index contributed by atoms with van der Waals surface area (Å²) in [6.07, 6.45) is 0. The topological polar surface area (TPSA) is 58.6 Å². The van der Waals surface area contributed by atoms with Crippen molar-refractivity contribution in [3.05, 3.63) is 0 Å². The highest BCUT2D eigenvalue weighted by Crippen LogP contribution is 2.04. The molecule has 5 nitrogen and oxygen atoms in total. The number of carbonyl (C=O) groups excluding carboxylic acids is 2. The highest BCUT2D eigenvalue weighted by Gasteiger charge is 2.22. The van der Waals surface area contributed by atoms with Crippen molar-refractivity contribution in [3.8, 4) is 0 Å². The molecular formula is C14H28N2O3. The van der Waals surface area contributed by atoms with Gasteiger partial charge in [-0.2, -0.15) is 0 Å². The molecule has 0 fully saturated rings. The Hall–Kier alpha value is -0.940. The van der Waals surface area contributed by atoms with Gasteiger partial charge in [0.2, 0.25) is 5.91 Å². The number of Topliss-reactive ketones (excluding diaryl/α,β-unsaturated/α-hetero) is 1. The van der Waals surface area contributed by atoms with Crippen LogP contribution in [0.25, 0.3) is 0 Å². The summed E-state index contributed by atoms with van der Waals surface area (Å²) in [5.74, 6) is -0.0111. The van der Waals surface area contributed by atoms with Crippen molar-refractivity contribution in [3.63, 3.8) is 0 Å².